The summed E-state index contributed by atoms with van der Waals surface area (Å²) >= 11 is 13.5. The third kappa shape index (κ3) is 4.00. The van der Waals surface area contributed by atoms with E-state index in [1.807, 2.05) is 12.1 Å². The van der Waals surface area contributed by atoms with Gasteiger partial charge in [0.25, 0.3) is 15.9 Å². The molecule has 5 nitrogen and oxygen atoms in total. The largest absolute Gasteiger partial charge is 0.348 e. The zero-order valence-electron chi connectivity index (χ0n) is 17.6. The Balaban J connectivity index is 1.42. The summed E-state index contributed by atoms with van der Waals surface area (Å²) in [5.74, 6) is -0.248. The molecule has 33 heavy (non-hydrogen) atoms. The highest BCUT2D eigenvalue weighted by molar-refractivity contribution is 7.91. The van der Waals surface area contributed by atoms with Crippen molar-refractivity contribution in [2.45, 2.75) is 34.9 Å². The lowest BCUT2D eigenvalue weighted by Crippen LogP contribution is -2.54. The minimum absolute atomic E-state index is 0.152. The first-order valence-corrected chi connectivity index (χ1v) is 13.8. The maximum Gasteiger partial charge on any atom is 0.253 e. The van der Waals surface area contributed by atoms with Crippen LogP contribution in [-0.2, 0) is 21.9 Å². The van der Waals surface area contributed by atoms with Gasteiger partial charge in [-0.25, -0.2) is 8.42 Å². The Morgan fingerprint density at radius 2 is 1.82 bits per heavy atom. The number of fused-ring (bicyclic) bond motifs is 2. The number of benzene rings is 2. The molecular weight excluding hydrogens is 499 g/mol. The fourth-order valence-corrected chi connectivity index (χ4v) is 8.25. The Morgan fingerprint density at radius 1 is 1.06 bits per heavy atom. The highest BCUT2D eigenvalue weighted by Gasteiger charge is 2.50. The van der Waals surface area contributed by atoms with Crippen molar-refractivity contribution in [2.24, 2.45) is 0 Å². The second-order valence-electron chi connectivity index (χ2n) is 8.50. The summed E-state index contributed by atoms with van der Waals surface area (Å²) in [5, 5.41) is 5.77. The van der Waals surface area contributed by atoms with E-state index < -0.39 is 10.0 Å². The fourth-order valence-electron chi connectivity index (χ4n) is 5.17. The van der Waals surface area contributed by atoms with E-state index in [1.165, 1.54) is 22.5 Å². The minimum Gasteiger partial charge on any atom is -0.348 e. The van der Waals surface area contributed by atoms with E-state index >= 15 is 0 Å². The predicted molar refractivity (Wildman–Crippen MR) is 132 cm³/mol. The second-order valence-corrected chi connectivity index (χ2v) is 12.5. The van der Waals surface area contributed by atoms with Crippen LogP contribution in [0.5, 0.6) is 0 Å². The van der Waals surface area contributed by atoms with Crippen LogP contribution in [0.1, 0.15) is 34.3 Å². The van der Waals surface area contributed by atoms with E-state index in [1.54, 1.807) is 40.0 Å². The van der Waals surface area contributed by atoms with E-state index in [4.69, 9.17) is 23.2 Å². The zero-order valence-corrected chi connectivity index (χ0v) is 20.8. The second kappa shape index (κ2) is 8.71. The van der Waals surface area contributed by atoms with Crippen LogP contribution in [0.4, 0.5) is 0 Å². The molecule has 1 fully saturated rings. The average molecular weight is 521 g/mol. The van der Waals surface area contributed by atoms with Crippen LogP contribution in [0.15, 0.2) is 64.2 Å². The van der Waals surface area contributed by atoms with Crippen LogP contribution in [0, 0.1) is 0 Å². The number of amides is 1. The van der Waals surface area contributed by atoms with Gasteiger partial charge in [-0.3, -0.25) is 4.79 Å². The Hall–Kier alpha value is -1.90. The Kier molecular flexibility index (Phi) is 6.04. The number of carbonyl (C=O) groups excluding carboxylic acids is 1. The van der Waals surface area contributed by atoms with Gasteiger partial charge in [0.2, 0.25) is 0 Å². The monoisotopic (exact) mass is 520 g/mol. The van der Waals surface area contributed by atoms with Crippen LogP contribution in [0.25, 0.3) is 0 Å². The normalized spacial score (nSPS) is 20.0. The molecule has 0 saturated carbocycles. The molecule has 1 aliphatic heterocycles. The molecule has 0 radical (unpaired) electrons. The number of sulfonamides is 1. The molecule has 2 aliphatic rings. The highest BCUT2D eigenvalue weighted by atomic mass is 35.5. The van der Waals surface area contributed by atoms with Gasteiger partial charge < -0.3 is 5.32 Å². The maximum atomic E-state index is 13.1. The number of nitrogens with one attached hydrogen (secondary N) is 1. The first-order chi connectivity index (χ1) is 15.8. The molecule has 1 aromatic heterocycles. The van der Waals surface area contributed by atoms with Crippen molar-refractivity contribution in [1.29, 1.82) is 0 Å². The number of halogens is 2. The number of piperidine rings is 1. The molecule has 1 atom stereocenters. The van der Waals surface area contributed by atoms with E-state index in [-0.39, 0.29) is 17.4 Å². The summed E-state index contributed by atoms with van der Waals surface area (Å²) in [6.45, 7) is 0.811. The SMILES string of the molecule is O=C(NC1Cc2ccccc2C12CCN(S(=O)(=O)c1cccs1)CC2)c1ccc(Cl)cc1Cl. The summed E-state index contributed by atoms with van der Waals surface area (Å²) in [4.78, 5) is 13.1. The molecule has 3 aromatic rings. The van der Waals surface area contributed by atoms with Crippen molar-refractivity contribution in [3.05, 3.63) is 86.7 Å². The van der Waals surface area contributed by atoms with E-state index in [2.05, 4.69) is 17.4 Å². The first-order valence-electron chi connectivity index (χ1n) is 10.7. The summed E-state index contributed by atoms with van der Waals surface area (Å²) in [5.41, 5.74) is 2.45. The van der Waals surface area contributed by atoms with Gasteiger partial charge in [0, 0.05) is 29.6 Å². The molecule has 1 unspecified atom stereocenters. The molecular formula is C24H22Cl2N2O3S2. The van der Waals surface area contributed by atoms with Crippen molar-refractivity contribution >= 4 is 50.5 Å². The fraction of sp³-hybridized carbons (Fsp3) is 0.292. The van der Waals surface area contributed by atoms with Gasteiger partial charge in [-0.1, -0.05) is 53.5 Å². The van der Waals surface area contributed by atoms with Crippen LogP contribution in [-0.4, -0.2) is 37.8 Å². The third-order valence-electron chi connectivity index (χ3n) is 6.83. The molecule has 2 heterocycles. The van der Waals surface area contributed by atoms with E-state index in [0.717, 1.165) is 0 Å². The third-order valence-corrected chi connectivity index (χ3v) is 10.6. The lowest BCUT2D eigenvalue weighted by Gasteiger charge is -2.43. The molecule has 1 amide bonds. The highest BCUT2D eigenvalue weighted by Crippen LogP contribution is 2.47. The van der Waals surface area contributed by atoms with Crippen molar-refractivity contribution < 1.29 is 13.2 Å². The van der Waals surface area contributed by atoms with Crippen LogP contribution in [0.2, 0.25) is 10.0 Å². The van der Waals surface area contributed by atoms with Gasteiger partial charge in [-0.2, -0.15) is 4.31 Å². The van der Waals surface area contributed by atoms with Crippen LogP contribution in [0.3, 0.4) is 0 Å². The molecule has 1 N–H and O–H groups in total. The van der Waals surface area contributed by atoms with Crippen molar-refractivity contribution in [3.63, 3.8) is 0 Å². The molecule has 2 aromatic carbocycles. The molecule has 172 valence electrons. The van der Waals surface area contributed by atoms with Gasteiger partial charge >= 0.3 is 0 Å². The smallest absolute Gasteiger partial charge is 0.253 e. The average Bonchev–Trinajstić information content (AvgIpc) is 3.43. The summed E-state index contributed by atoms with van der Waals surface area (Å²) in [6, 6.07) is 16.3. The molecule has 9 heteroatoms. The molecule has 1 aliphatic carbocycles. The van der Waals surface area contributed by atoms with Crippen LogP contribution >= 0.6 is 34.5 Å². The van der Waals surface area contributed by atoms with Gasteiger partial charge in [0.1, 0.15) is 4.21 Å². The summed E-state index contributed by atoms with van der Waals surface area (Å²) in [7, 11) is -3.50. The number of rotatable bonds is 4. The van der Waals surface area contributed by atoms with Gasteiger partial charge in [0.15, 0.2) is 0 Å². The standard InChI is InChI=1S/C24H22Cl2N2O3S2/c25-17-7-8-18(20(26)15-17)23(29)27-21-14-16-4-1-2-5-19(16)24(21)9-11-28(12-10-24)33(30,31)22-6-3-13-32-22/h1-8,13,15,21H,9-12,14H2,(H,27,29). The van der Waals surface area contributed by atoms with Crippen molar-refractivity contribution in [2.75, 3.05) is 13.1 Å². The van der Waals surface area contributed by atoms with E-state index in [9.17, 15) is 13.2 Å². The van der Waals surface area contributed by atoms with Crippen molar-refractivity contribution in [1.82, 2.24) is 9.62 Å². The van der Waals surface area contributed by atoms with Gasteiger partial charge in [0.05, 0.1) is 10.6 Å². The van der Waals surface area contributed by atoms with Gasteiger partial charge in [-0.05, 0) is 60.0 Å². The summed E-state index contributed by atoms with van der Waals surface area (Å²) in [6.07, 6.45) is 1.96. The Morgan fingerprint density at radius 3 is 2.52 bits per heavy atom. The number of hydrogen-bond acceptors (Lipinski definition) is 4. The lowest BCUT2D eigenvalue weighted by atomic mass is 9.71. The number of carbonyl (C=O) groups is 1. The predicted octanol–water partition coefficient (Wildman–Crippen LogP) is 5.13. The lowest BCUT2D eigenvalue weighted by molar-refractivity contribution is 0.0897. The number of thiophene rings is 1. The van der Waals surface area contributed by atoms with E-state index in [0.29, 0.717) is 52.2 Å². The molecule has 0 bridgehead atoms. The quantitative estimate of drug-likeness (QED) is 0.518. The first kappa shape index (κ1) is 22.9. The Labute approximate surface area is 207 Å². The van der Waals surface area contributed by atoms with Crippen LogP contribution < -0.4 is 5.32 Å². The number of nitrogens with zero attached hydrogens (tertiary/aromatic N) is 1. The summed E-state index contributed by atoms with van der Waals surface area (Å²) < 4.78 is 28.0. The maximum absolute atomic E-state index is 13.1. The minimum atomic E-state index is -3.50. The molecule has 1 spiro atoms. The Bertz CT molecular complexity index is 1300. The molecule has 5 rings (SSSR count). The zero-order chi connectivity index (χ0) is 23.2. The number of hydrogen-bond donors (Lipinski definition) is 1. The topological polar surface area (TPSA) is 66.5 Å². The van der Waals surface area contributed by atoms with Gasteiger partial charge in [-0.15, -0.1) is 11.3 Å². The van der Waals surface area contributed by atoms with Crippen molar-refractivity contribution in [3.8, 4) is 0 Å². The molecule has 1 saturated heterocycles.